The van der Waals surface area contributed by atoms with Crippen molar-refractivity contribution in [3.05, 3.63) is 22.3 Å². The molecule has 0 spiro atoms. The number of anilines is 1. The number of nitrogens with zero attached hydrogens (tertiary/aromatic N) is 2. The molecule has 0 aromatic carbocycles. The molecule has 0 saturated heterocycles. The third-order valence-corrected chi connectivity index (χ3v) is 5.03. The maximum atomic E-state index is 4.52. The number of nitrogens with one attached hydrogen (secondary N) is 1. The highest BCUT2D eigenvalue weighted by Gasteiger charge is 2.24. The lowest BCUT2D eigenvalue weighted by Crippen LogP contribution is -2.40. The molecular weight excluding hydrogens is 290 g/mol. The summed E-state index contributed by atoms with van der Waals surface area (Å²) >= 11 is 3.66. The number of aromatic nitrogens is 1. The Kier molecular flexibility index (Phi) is 4.62. The maximum absolute atomic E-state index is 4.52. The van der Waals surface area contributed by atoms with Gasteiger partial charge in [-0.25, -0.2) is 4.98 Å². The molecule has 0 radical (unpaired) electrons. The lowest BCUT2D eigenvalue weighted by Gasteiger charge is -2.35. The van der Waals surface area contributed by atoms with Crippen LogP contribution in [0.3, 0.4) is 0 Å². The Bertz CT molecular complexity index is 400. The molecule has 1 aliphatic rings. The standard InChI is InChI=1S/C14H22BrN3/c1-10-8-9-17-14(13(10)15)18(3)12-6-4-11(16-2)5-7-12/h8-9,11-12,16H,4-7H2,1-3H3. The first-order valence-electron chi connectivity index (χ1n) is 6.64. The SMILES string of the molecule is CNC1CCC(N(C)c2nccc(C)c2Br)CC1. The molecule has 0 atom stereocenters. The molecule has 0 unspecified atom stereocenters. The summed E-state index contributed by atoms with van der Waals surface area (Å²) in [4.78, 5) is 6.85. The van der Waals surface area contributed by atoms with Crippen molar-refractivity contribution in [1.82, 2.24) is 10.3 Å². The van der Waals surface area contributed by atoms with Gasteiger partial charge < -0.3 is 10.2 Å². The fourth-order valence-corrected chi connectivity index (χ4v) is 3.21. The van der Waals surface area contributed by atoms with Crippen LogP contribution in [0, 0.1) is 6.92 Å². The van der Waals surface area contributed by atoms with Gasteiger partial charge in [0.25, 0.3) is 0 Å². The Morgan fingerprint density at radius 2 is 2.00 bits per heavy atom. The smallest absolute Gasteiger partial charge is 0.143 e. The molecule has 2 rings (SSSR count). The second kappa shape index (κ2) is 6.02. The van der Waals surface area contributed by atoms with Gasteiger partial charge in [0.2, 0.25) is 0 Å². The number of rotatable bonds is 3. The van der Waals surface area contributed by atoms with Crippen molar-refractivity contribution in [2.24, 2.45) is 0 Å². The Balaban J connectivity index is 2.08. The molecule has 100 valence electrons. The fraction of sp³-hybridized carbons (Fsp3) is 0.643. The molecule has 0 bridgehead atoms. The van der Waals surface area contributed by atoms with E-state index < -0.39 is 0 Å². The molecular formula is C14H22BrN3. The van der Waals surface area contributed by atoms with Crippen molar-refractivity contribution < 1.29 is 0 Å². The van der Waals surface area contributed by atoms with Crippen molar-refractivity contribution in [2.45, 2.75) is 44.7 Å². The zero-order chi connectivity index (χ0) is 13.1. The number of pyridine rings is 1. The van der Waals surface area contributed by atoms with E-state index in [0.29, 0.717) is 12.1 Å². The summed E-state index contributed by atoms with van der Waals surface area (Å²) in [5.74, 6) is 1.07. The van der Waals surface area contributed by atoms with E-state index in [-0.39, 0.29) is 0 Å². The molecule has 0 aliphatic heterocycles. The molecule has 18 heavy (non-hydrogen) atoms. The highest BCUT2D eigenvalue weighted by Crippen LogP contribution is 2.31. The van der Waals surface area contributed by atoms with Gasteiger partial charge in [-0.2, -0.15) is 0 Å². The molecule has 4 heteroatoms. The van der Waals surface area contributed by atoms with E-state index in [1.165, 1.54) is 31.2 Å². The average Bonchev–Trinajstić information content (AvgIpc) is 2.41. The van der Waals surface area contributed by atoms with E-state index in [9.17, 15) is 0 Å². The normalized spacial score (nSPS) is 24.0. The van der Waals surface area contributed by atoms with Gasteiger partial charge in [0.05, 0.1) is 4.47 Å². The zero-order valence-corrected chi connectivity index (χ0v) is 13.0. The van der Waals surface area contributed by atoms with Crippen molar-refractivity contribution in [1.29, 1.82) is 0 Å². The summed E-state index contributed by atoms with van der Waals surface area (Å²) in [5.41, 5.74) is 1.25. The highest BCUT2D eigenvalue weighted by molar-refractivity contribution is 9.10. The predicted octanol–water partition coefficient (Wildman–Crippen LogP) is 3.12. The van der Waals surface area contributed by atoms with Crippen LogP contribution in [0.1, 0.15) is 31.2 Å². The molecule has 1 heterocycles. The summed E-state index contributed by atoms with van der Waals surface area (Å²) in [6.07, 6.45) is 6.89. The van der Waals surface area contributed by atoms with Crippen LogP contribution in [-0.4, -0.2) is 31.2 Å². The largest absolute Gasteiger partial charge is 0.356 e. The van der Waals surface area contributed by atoms with E-state index in [4.69, 9.17) is 0 Å². The second-order valence-electron chi connectivity index (χ2n) is 5.17. The van der Waals surface area contributed by atoms with Crippen molar-refractivity contribution in [2.75, 3.05) is 19.0 Å². The lowest BCUT2D eigenvalue weighted by molar-refractivity contribution is 0.350. The maximum Gasteiger partial charge on any atom is 0.143 e. The van der Waals surface area contributed by atoms with Gasteiger partial charge in [-0.15, -0.1) is 0 Å². The summed E-state index contributed by atoms with van der Waals surface area (Å²) in [6, 6.07) is 3.35. The fourth-order valence-electron chi connectivity index (χ4n) is 2.70. The Hall–Kier alpha value is -0.610. The zero-order valence-electron chi connectivity index (χ0n) is 11.4. The molecule has 1 saturated carbocycles. The number of halogens is 1. The van der Waals surface area contributed by atoms with E-state index in [1.54, 1.807) is 0 Å². The first-order chi connectivity index (χ1) is 8.63. The van der Waals surface area contributed by atoms with Gasteiger partial charge in [-0.3, -0.25) is 0 Å². The average molecular weight is 312 g/mol. The van der Waals surface area contributed by atoms with Crippen molar-refractivity contribution in [3.8, 4) is 0 Å². The quantitative estimate of drug-likeness (QED) is 0.929. The van der Waals surface area contributed by atoms with Crippen LogP contribution in [0.15, 0.2) is 16.7 Å². The number of hydrogen-bond acceptors (Lipinski definition) is 3. The van der Waals surface area contributed by atoms with Gasteiger partial charge in [-0.05, 0) is 67.2 Å². The first kappa shape index (κ1) is 13.8. The van der Waals surface area contributed by atoms with Gasteiger partial charge >= 0.3 is 0 Å². The number of aryl methyl sites for hydroxylation is 1. The van der Waals surface area contributed by atoms with E-state index in [1.807, 2.05) is 12.3 Å². The molecule has 1 aromatic rings. The van der Waals surface area contributed by atoms with Crippen LogP contribution in [0.5, 0.6) is 0 Å². The van der Waals surface area contributed by atoms with Gasteiger partial charge in [0.15, 0.2) is 0 Å². The molecule has 1 N–H and O–H groups in total. The van der Waals surface area contributed by atoms with E-state index >= 15 is 0 Å². The van der Waals surface area contributed by atoms with Crippen LogP contribution in [0.4, 0.5) is 5.82 Å². The number of hydrogen-bond donors (Lipinski definition) is 1. The topological polar surface area (TPSA) is 28.2 Å². The third kappa shape index (κ3) is 2.86. The van der Waals surface area contributed by atoms with Crippen LogP contribution >= 0.6 is 15.9 Å². The Morgan fingerprint density at radius 3 is 2.61 bits per heavy atom. The highest BCUT2D eigenvalue weighted by atomic mass is 79.9. The molecule has 1 aromatic heterocycles. The van der Waals surface area contributed by atoms with Gasteiger partial charge in [0, 0.05) is 25.3 Å². The Labute approximate surface area is 118 Å². The second-order valence-corrected chi connectivity index (χ2v) is 5.96. The Morgan fingerprint density at radius 1 is 1.33 bits per heavy atom. The molecule has 3 nitrogen and oxygen atoms in total. The van der Waals surface area contributed by atoms with E-state index in [2.05, 4.69) is 52.1 Å². The van der Waals surface area contributed by atoms with Gasteiger partial charge in [0.1, 0.15) is 5.82 Å². The molecule has 1 fully saturated rings. The first-order valence-corrected chi connectivity index (χ1v) is 7.44. The summed E-state index contributed by atoms with van der Waals surface area (Å²) in [6.45, 7) is 2.11. The van der Waals surface area contributed by atoms with E-state index in [0.717, 1.165) is 10.3 Å². The van der Waals surface area contributed by atoms with Crippen LogP contribution < -0.4 is 10.2 Å². The third-order valence-electron chi connectivity index (χ3n) is 4.05. The molecule has 1 aliphatic carbocycles. The minimum Gasteiger partial charge on any atom is -0.356 e. The summed E-state index contributed by atoms with van der Waals surface area (Å²) in [7, 11) is 4.23. The molecule has 0 amide bonds. The predicted molar refractivity (Wildman–Crippen MR) is 80.2 cm³/mol. The monoisotopic (exact) mass is 311 g/mol. The van der Waals surface area contributed by atoms with Gasteiger partial charge in [-0.1, -0.05) is 0 Å². The van der Waals surface area contributed by atoms with Crippen molar-refractivity contribution >= 4 is 21.7 Å². The van der Waals surface area contributed by atoms with Crippen LogP contribution in [-0.2, 0) is 0 Å². The summed E-state index contributed by atoms with van der Waals surface area (Å²) in [5, 5.41) is 3.38. The van der Waals surface area contributed by atoms with Crippen LogP contribution in [0.2, 0.25) is 0 Å². The lowest BCUT2D eigenvalue weighted by atomic mass is 9.90. The van der Waals surface area contributed by atoms with Crippen LogP contribution in [0.25, 0.3) is 0 Å². The minimum atomic E-state index is 0.611. The van der Waals surface area contributed by atoms with Crippen molar-refractivity contribution in [3.63, 3.8) is 0 Å². The summed E-state index contributed by atoms with van der Waals surface area (Å²) < 4.78 is 1.13. The minimum absolute atomic E-state index is 0.611.